The zero-order valence-corrected chi connectivity index (χ0v) is 12.8. The molecule has 0 unspecified atom stereocenters. The van der Waals surface area contributed by atoms with Gasteiger partial charge in [-0.1, -0.05) is 54.1 Å². The van der Waals surface area contributed by atoms with Crippen LogP contribution in [-0.4, -0.2) is 12.5 Å². The number of halogens is 1. The summed E-state index contributed by atoms with van der Waals surface area (Å²) in [6, 6.07) is 18.0. The van der Waals surface area contributed by atoms with Gasteiger partial charge in [-0.2, -0.15) is 0 Å². The standard InChI is InChI=1S/C18H20ClNO/c19-17-11-8-16(9-12-17)10-13-18(21)20-14-4-7-15-5-2-1-3-6-15/h1-3,5-6,8-9,11-12H,4,7,10,13-14H2,(H,20,21). The van der Waals surface area contributed by atoms with Crippen molar-refractivity contribution in [2.24, 2.45) is 0 Å². The monoisotopic (exact) mass is 301 g/mol. The fraction of sp³-hybridized carbons (Fsp3) is 0.278. The van der Waals surface area contributed by atoms with E-state index in [1.165, 1.54) is 5.56 Å². The summed E-state index contributed by atoms with van der Waals surface area (Å²) in [5, 5.41) is 3.70. The molecule has 21 heavy (non-hydrogen) atoms. The average Bonchev–Trinajstić information content (AvgIpc) is 2.52. The first kappa shape index (κ1) is 15.6. The van der Waals surface area contributed by atoms with Gasteiger partial charge in [-0.25, -0.2) is 0 Å². The Hall–Kier alpha value is -1.80. The molecule has 1 N–H and O–H groups in total. The molecule has 2 rings (SSSR count). The van der Waals surface area contributed by atoms with Crippen LogP contribution in [0.5, 0.6) is 0 Å². The molecule has 0 spiro atoms. The maximum absolute atomic E-state index is 11.8. The summed E-state index contributed by atoms with van der Waals surface area (Å²) in [5.41, 5.74) is 2.45. The van der Waals surface area contributed by atoms with Crippen LogP contribution in [0.4, 0.5) is 0 Å². The van der Waals surface area contributed by atoms with Crippen molar-refractivity contribution < 1.29 is 4.79 Å². The molecule has 0 fully saturated rings. The highest BCUT2D eigenvalue weighted by Crippen LogP contribution is 2.10. The predicted molar refractivity (Wildman–Crippen MR) is 87.5 cm³/mol. The van der Waals surface area contributed by atoms with Crippen molar-refractivity contribution in [2.75, 3.05) is 6.54 Å². The molecule has 2 nitrogen and oxygen atoms in total. The van der Waals surface area contributed by atoms with Crippen LogP contribution in [0.2, 0.25) is 5.02 Å². The summed E-state index contributed by atoms with van der Waals surface area (Å²) < 4.78 is 0. The molecule has 0 aliphatic carbocycles. The number of carbonyl (C=O) groups excluding carboxylic acids is 1. The Morgan fingerprint density at radius 3 is 2.29 bits per heavy atom. The van der Waals surface area contributed by atoms with Gasteiger partial charge in [0.15, 0.2) is 0 Å². The number of rotatable bonds is 7. The molecule has 0 heterocycles. The van der Waals surface area contributed by atoms with Gasteiger partial charge >= 0.3 is 0 Å². The first-order chi connectivity index (χ1) is 10.2. The Labute approximate surface area is 131 Å². The lowest BCUT2D eigenvalue weighted by Gasteiger charge is -2.06. The number of aryl methyl sites for hydroxylation is 2. The molecule has 0 aliphatic heterocycles. The minimum absolute atomic E-state index is 0.109. The summed E-state index contributed by atoms with van der Waals surface area (Å²) in [6.07, 6.45) is 3.24. The van der Waals surface area contributed by atoms with Crippen molar-refractivity contribution in [3.05, 3.63) is 70.7 Å². The van der Waals surface area contributed by atoms with Crippen LogP contribution in [0.1, 0.15) is 24.0 Å². The van der Waals surface area contributed by atoms with Gasteiger partial charge < -0.3 is 5.32 Å². The lowest BCUT2D eigenvalue weighted by molar-refractivity contribution is -0.121. The average molecular weight is 302 g/mol. The van der Waals surface area contributed by atoms with Crippen molar-refractivity contribution in [3.63, 3.8) is 0 Å². The van der Waals surface area contributed by atoms with Crippen LogP contribution in [0, 0.1) is 0 Å². The third-order valence-corrected chi connectivity index (χ3v) is 3.61. The normalized spacial score (nSPS) is 10.3. The molecule has 1 amide bonds. The van der Waals surface area contributed by atoms with E-state index >= 15 is 0 Å². The third kappa shape index (κ3) is 6.01. The Bertz CT molecular complexity index is 551. The molecule has 0 bridgehead atoms. The highest BCUT2D eigenvalue weighted by atomic mass is 35.5. The molecule has 0 aromatic heterocycles. The smallest absolute Gasteiger partial charge is 0.220 e. The van der Waals surface area contributed by atoms with Crippen LogP contribution in [-0.2, 0) is 17.6 Å². The van der Waals surface area contributed by atoms with E-state index in [1.807, 2.05) is 42.5 Å². The fourth-order valence-corrected chi connectivity index (χ4v) is 2.29. The van der Waals surface area contributed by atoms with Gasteiger partial charge in [0.25, 0.3) is 0 Å². The van der Waals surface area contributed by atoms with Crippen molar-refractivity contribution in [1.29, 1.82) is 0 Å². The number of benzene rings is 2. The van der Waals surface area contributed by atoms with Crippen molar-refractivity contribution in [3.8, 4) is 0 Å². The Morgan fingerprint density at radius 1 is 0.905 bits per heavy atom. The molecular weight excluding hydrogens is 282 g/mol. The highest BCUT2D eigenvalue weighted by molar-refractivity contribution is 6.30. The van der Waals surface area contributed by atoms with E-state index in [2.05, 4.69) is 17.4 Å². The Morgan fingerprint density at radius 2 is 1.57 bits per heavy atom. The van der Waals surface area contributed by atoms with E-state index in [9.17, 15) is 4.79 Å². The van der Waals surface area contributed by atoms with Crippen molar-refractivity contribution in [2.45, 2.75) is 25.7 Å². The summed E-state index contributed by atoms with van der Waals surface area (Å²) in [4.78, 5) is 11.8. The van der Waals surface area contributed by atoms with Gasteiger partial charge in [-0.15, -0.1) is 0 Å². The van der Waals surface area contributed by atoms with Crippen molar-refractivity contribution >= 4 is 17.5 Å². The van der Waals surface area contributed by atoms with E-state index in [0.717, 1.165) is 36.4 Å². The summed E-state index contributed by atoms with van der Waals surface area (Å²) in [6.45, 7) is 0.731. The SMILES string of the molecule is O=C(CCc1ccc(Cl)cc1)NCCCc1ccccc1. The summed E-state index contributed by atoms with van der Waals surface area (Å²) in [5.74, 6) is 0.109. The first-order valence-corrected chi connectivity index (χ1v) is 7.67. The van der Waals surface area contributed by atoms with E-state index in [0.29, 0.717) is 6.42 Å². The second-order valence-corrected chi connectivity index (χ2v) is 5.50. The second kappa shape index (κ2) is 8.48. The topological polar surface area (TPSA) is 29.1 Å². The van der Waals surface area contributed by atoms with Gasteiger partial charge in [-0.05, 0) is 42.5 Å². The lowest BCUT2D eigenvalue weighted by Crippen LogP contribution is -2.24. The van der Waals surface area contributed by atoms with Crippen LogP contribution in [0.15, 0.2) is 54.6 Å². The highest BCUT2D eigenvalue weighted by Gasteiger charge is 2.02. The summed E-state index contributed by atoms with van der Waals surface area (Å²) in [7, 11) is 0. The molecule has 110 valence electrons. The number of amides is 1. The number of nitrogens with one attached hydrogen (secondary N) is 1. The zero-order valence-electron chi connectivity index (χ0n) is 12.0. The van der Waals surface area contributed by atoms with Gasteiger partial charge in [0.1, 0.15) is 0 Å². The van der Waals surface area contributed by atoms with Gasteiger partial charge in [0.05, 0.1) is 0 Å². The minimum Gasteiger partial charge on any atom is -0.356 e. The van der Waals surface area contributed by atoms with Crippen LogP contribution < -0.4 is 5.32 Å². The van der Waals surface area contributed by atoms with Crippen molar-refractivity contribution in [1.82, 2.24) is 5.32 Å². The molecule has 2 aromatic rings. The van der Waals surface area contributed by atoms with Gasteiger partial charge in [-0.3, -0.25) is 4.79 Å². The molecule has 0 aliphatic rings. The molecule has 0 radical (unpaired) electrons. The number of hydrogen-bond acceptors (Lipinski definition) is 1. The first-order valence-electron chi connectivity index (χ1n) is 7.29. The quantitative estimate of drug-likeness (QED) is 0.769. The molecule has 0 saturated heterocycles. The Kier molecular flexibility index (Phi) is 6.29. The van der Waals surface area contributed by atoms with Gasteiger partial charge in [0, 0.05) is 18.0 Å². The Balaban J connectivity index is 1.60. The van der Waals surface area contributed by atoms with Crippen LogP contribution >= 0.6 is 11.6 Å². The third-order valence-electron chi connectivity index (χ3n) is 3.36. The molecule has 0 saturated carbocycles. The van der Waals surface area contributed by atoms with E-state index in [-0.39, 0.29) is 5.91 Å². The number of hydrogen-bond donors (Lipinski definition) is 1. The maximum atomic E-state index is 11.8. The van der Waals surface area contributed by atoms with Gasteiger partial charge in [0.2, 0.25) is 5.91 Å². The molecule has 0 atom stereocenters. The molecule has 3 heteroatoms. The lowest BCUT2D eigenvalue weighted by atomic mass is 10.1. The minimum atomic E-state index is 0.109. The maximum Gasteiger partial charge on any atom is 0.220 e. The predicted octanol–water partition coefficient (Wildman–Crippen LogP) is 4.02. The van der Waals surface area contributed by atoms with E-state index < -0.39 is 0 Å². The van der Waals surface area contributed by atoms with E-state index in [1.54, 1.807) is 0 Å². The largest absolute Gasteiger partial charge is 0.356 e. The molecular formula is C18H20ClNO. The molecule has 2 aromatic carbocycles. The van der Waals surface area contributed by atoms with Crippen LogP contribution in [0.3, 0.4) is 0 Å². The fourth-order valence-electron chi connectivity index (χ4n) is 2.16. The summed E-state index contributed by atoms with van der Waals surface area (Å²) >= 11 is 5.83. The zero-order chi connectivity index (χ0) is 14.9. The second-order valence-electron chi connectivity index (χ2n) is 5.07. The van der Waals surface area contributed by atoms with E-state index in [4.69, 9.17) is 11.6 Å². The van der Waals surface area contributed by atoms with Crippen LogP contribution in [0.25, 0.3) is 0 Å². The number of carbonyl (C=O) groups is 1.